The van der Waals surface area contributed by atoms with Gasteiger partial charge in [-0.25, -0.2) is 4.99 Å². The number of nitrogens with zero attached hydrogens (tertiary/aromatic N) is 4. The quantitative estimate of drug-likeness (QED) is 0.408. The lowest BCUT2D eigenvalue weighted by Gasteiger charge is -2.24. The molecule has 0 spiro atoms. The van der Waals surface area contributed by atoms with Crippen LogP contribution in [-0.2, 0) is 20.0 Å². The van der Waals surface area contributed by atoms with Crippen LogP contribution in [0.3, 0.4) is 0 Å². The van der Waals surface area contributed by atoms with E-state index in [1.807, 2.05) is 18.5 Å². The molecule has 0 radical (unpaired) electrons. The molecule has 0 saturated carbocycles. The molecule has 2 N–H and O–H groups in total. The molecule has 2 aromatic heterocycles. The maximum Gasteiger partial charge on any atom is 0.192 e. The minimum Gasteiger partial charge on any atom is -0.356 e. The van der Waals surface area contributed by atoms with Crippen LogP contribution in [0.4, 0.5) is 0 Å². The third-order valence-electron chi connectivity index (χ3n) is 3.30. The first kappa shape index (κ1) is 20.9. The van der Waals surface area contributed by atoms with Gasteiger partial charge in [-0.1, -0.05) is 6.07 Å². The minimum atomic E-state index is -0.0510. The summed E-state index contributed by atoms with van der Waals surface area (Å²) in [5.74, 6) is 2.55. The van der Waals surface area contributed by atoms with E-state index in [-0.39, 0.29) is 29.5 Å². The number of guanidine groups is 1. The lowest BCUT2D eigenvalue weighted by Crippen LogP contribution is -2.48. The molecule has 0 amide bonds. The summed E-state index contributed by atoms with van der Waals surface area (Å²) in [6.07, 6.45) is 0.992. The summed E-state index contributed by atoms with van der Waals surface area (Å²) < 4.78 is 1.96. The number of rotatable bonds is 5. The van der Waals surface area contributed by atoms with Gasteiger partial charge in [0.05, 0.1) is 0 Å². The van der Waals surface area contributed by atoms with Gasteiger partial charge in [0.2, 0.25) is 0 Å². The van der Waals surface area contributed by atoms with Crippen LogP contribution >= 0.6 is 35.3 Å². The highest BCUT2D eigenvalue weighted by molar-refractivity contribution is 14.0. The predicted octanol–water partition coefficient (Wildman–Crippen LogP) is 2.88. The van der Waals surface area contributed by atoms with E-state index in [4.69, 9.17) is 0 Å². The van der Waals surface area contributed by atoms with Crippen molar-refractivity contribution in [2.45, 2.75) is 46.2 Å². The second kappa shape index (κ2) is 9.36. The monoisotopic (exact) mass is 462 g/mol. The Balaban J connectivity index is 0.00000288. The number of hydrogen-bond acceptors (Lipinski definition) is 4. The average molecular weight is 462 g/mol. The van der Waals surface area contributed by atoms with Crippen LogP contribution in [-0.4, -0.2) is 32.8 Å². The molecule has 0 bridgehead atoms. The Kier molecular flexibility index (Phi) is 8.14. The second-order valence-electron chi connectivity index (χ2n) is 6.52. The lowest BCUT2D eigenvalue weighted by atomic mass is 10.1. The van der Waals surface area contributed by atoms with Crippen molar-refractivity contribution in [3.8, 4) is 0 Å². The number of nitrogens with one attached hydrogen (secondary N) is 2. The van der Waals surface area contributed by atoms with Gasteiger partial charge in [0, 0.05) is 24.0 Å². The van der Waals surface area contributed by atoms with Crippen LogP contribution in [0, 0.1) is 6.92 Å². The Morgan fingerprint density at radius 1 is 1.33 bits per heavy atom. The maximum absolute atomic E-state index is 4.65. The Labute approximate surface area is 165 Å². The highest BCUT2D eigenvalue weighted by Gasteiger charge is 2.13. The molecule has 0 aliphatic rings. The molecule has 8 heteroatoms. The Morgan fingerprint density at radius 2 is 2.08 bits per heavy atom. The molecule has 0 aliphatic carbocycles. The van der Waals surface area contributed by atoms with Crippen molar-refractivity contribution in [3.05, 3.63) is 34.0 Å². The van der Waals surface area contributed by atoms with E-state index in [1.165, 1.54) is 4.88 Å². The van der Waals surface area contributed by atoms with Gasteiger partial charge in [-0.15, -0.1) is 45.5 Å². The smallest absolute Gasteiger partial charge is 0.192 e. The number of halogens is 1. The van der Waals surface area contributed by atoms with Crippen LogP contribution in [0.1, 0.15) is 37.3 Å². The van der Waals surface area contributed by atoms with Crippen molar-refractivity contribution >= 4 is 41.3 Å². The SMILES string of the molecule is Cc1nnc(CN=C(NCCc2cccs2)NC(C)(C)C)n1C.I. The second-order valence-corrected chi connectivity index (χ2v) is 7.55. The van der Waals surface area contributed by atoms with E-state index >= 15 is 0 Å². The first-order valence-electron chi connectivity index (χ1n) is 7.79. The lowest BCUT2D eigenvalue weighted by molar-refractivity contribution is 0.500. The van der Waals surface area contributed by atoms with E-state index in [0.29, 0.717) is 6.54 Å². The van der Waals surface area contributed by atoms with Gasteiger partial charge in [-0.3, -0.25) is 0 Å². The van der Waals surface area contributed by atoms with Crippen LogP contribution in [0.25, 0.3) is 0 Å². The van der Waals surface area contributed by atoms with Gasteiger partial charge in [0.1, 0.15) is 12.4 Å². The Hall–Kier alpha value is -1.16. The Bertz CT molecular complexity index is 642. The van der Waals surface area contributed by atoms with Gasteiger partial charge in [0.25, 0.3) is 0 Å². The standard InChI is InChI=1S/C16H26N6S.HI/c1-12-20-21-14(22(12)5)11-18-15(19-16(2,3)4)17-9-8-13-7-6-10-23-13;/h6-7,10H,8-9,11H2,1-5H3,(H2,17,18,19);1H. The molecule has 0 aromatic carbocycles. The van der Waals surface area contributed by atoms with E-state index in [0.717, 1.165) is 30.6 Å². The first-order valence-corrected chi connectivity index (χ1v) is 8.67. The highest BCUT2D eigenvalue weighted by atomic mass is 127. The molecule has 2 heterocycles. The molecule has 0 fully saturated rings. The largest absolute Gasteiger partial charge is 0.356 e. The molecule has 0 saturated heterocycles. The fourth-order valence-corrected chi connectivity index (χ4v) is 2.70. The van der Waals surface area contributed by atoms with E-state index in [9.17, 15) is 0 Å². The van der Waals surface area contributed by atoms with Crippen molar-refractivity contribution in [3.63, 3.8) is 0 Å². The van der Waals surface area contributed by atoms with Crippen LogP contribution in [0.2, 0.25) is 0 Å². The molecule has 6 nitrogen and oxygen atoms in total. The number of thiophene rings is 1. The van der Waals surface area contributed by atoms with Crippen molar-refractivity contribution in [2.75, 3.05) is 6.54 Å². The summed E-state index contributed by atoms with van der Waals surface area (Å²) >= 11 is 1.78. The van der Waals surface area contributed by atoms with Crippen molar-refractivity contribution in [1.82, 2.24) is 25.4 Å². The van der Waals surface area contributed by atoms with Crippen LogP contribution in [0.15, 0.2) is 22.5 Å². The van der Waals surface area contributed by atoms with Gasteiger partial charge in [0.15, 0.2) is 11.8 Å². The van der Waals surface area contributed by atoms with Crippen LogP contribution < -0.4 is 10.6 Å². The summed E-state index contributed by atoms with van der Waals surface area (Å²) in [6, 6.07) is 4.24. The topological polar surface area (TPSA) is 67.1 Å². The molecular weight excluding hydrogens is 435 g/mol. The molecule has 0 aliphatic heterocycles. The van der Waals surface area contributed by atoms with Gasteiger partial charge in [-0.2, -0.15) is 0 Å². The zero-order valence-electron chi connectivity index (χ0n) is 15.0. The third-order valence-corrected chi connectivity index (χ3v) is 4.23. The summed E-state index contributed by atoms with van der Waals surface area (Å²) in [6.45, 7) is 9.65. The minimum absolute atomic E-state index is 0. The summed E-state index contributed by atoms with van der Waals surface area (Å²) in [4.78, 5) is 6.02. The molecule has 0 atom stereocenters. The predicted molar refractivity (Wildman–Crippen MR) is 111 cm³/mol. The Morgan fingerprint density at radius 3 is 2.62 bits per heavy atom. The summed E-state index contributed by atoms with van der Waals surface area (Å²) in [7, 11) is 1.96. The van der Waals surface area contributed by atoms with Crippen LogP contribution in [0.5, 0.6) is 0 Å². The highest BCUT2D eigenvalue weighted by Crippen LogP contribution is 2.08. The molecule has 24 heavy (non-hydrogen) atoms. The van der Waals surface area contributed by atoms with Gasteiger partial charge < -0.3 is 15.2 Å². The molecule has 2 aromatic rings. The molecular formula is C16H27IN6S. The maximum atomic E-state index is 4.65. The first-order chi connectivity index (χ1) is 10.8. The fourth-order valence-electron chi connectivity index (χ4n) is 1.99. The number of aromatic nitrogens is 3. The van der Waals surface area contributed by atoms with E-state index < -0.39 is 0 Å². The zero-order valence-corrected chi connectivity index (χ0v) is 18.1. The van der Waals surface area contributed by atoms with Crippen molar-refractivity contribution in [1.29, 1.82) is 0 Å². The summed E-state index contributed by atoms with van der Waals surface area (Å²) in [5.41, 5.74) is -0.0510. The van der Waals surface area contributed by atoms with Gasteiger partial charge in [-0.05, 0) is 45.6 Å². The molecule has 2 rings (SSSR count). The zero-order chi connectivity index (χ0) is 16.9. The van der Waals surface area contributed by atoms with Gasteiger partial charge >= 0.3 is 0 Å². The van der Waals surface area contributed by atoms with E-state index in [2.05, 4.69) is 64.1 Å². The molecule has 134 valence electrons. The summed E-state index contributed by atoms with van der Waals surface area (Å²) in [5, 5.41) is 17.1. The number of hydrogen-bond donors (Lipinski definition) is 2. The van der Waals surface area contributed by atoms with E-state index in [1.54, 1.807) is 11.3 Å². The number of aryl methyl sites for hydroxylation is 1. The molecule has 0 unspecified atom stereocenters. The normalized spacial score (nSPS) is 12.0. The average Bonchev–Trinajstić information content (AvgIpc) is 3.07. The third kappa shape index (κ3) is 6.76. The van der Waals surface area contributed by atoms with Crippen molar-refractivity contribution in [2.24, 2.45) is 12.0 Å². The fraction of sp³-hybridized carbons (Fsp3) is 0.562. The number of aliphatic imine (C=N–C) groups is 1. The van der Waals surface area contributed by atoms with Crippen molar-refractivity contribution < 1.29 is 0 Å².